The zero-order valence-corrected chi connectivity index (χ0v) is 12.9. The summed E-state index contributed by atoms with van der Waals surface area (Å²) >= 11 is 0. The third-order valence-electron chi connectivity index (χ3n) is 2.26. The van der Waals surface area contributed by atoms with Crippen LogP contribution in [0.1, 0.15) is 20.3 Å². The lowest BCUT2D eigenvalue weighted by Gasteiger charge is -2.12. The van der Waals surface area contributed by atoms with Gasteiger partial charge in [-0.1, -0.05) is 0 Å². The Morgan fingerprint density at radius 2 is 2.00 bits per heavy atom. The molecule has 1 rings (SSSR count). The van der Waals surface area contributed by atoms with Crippen LogP contribution in [0, 0.1) is 11.6 Å². The van der Waals surface area contributed by atoms with Gasteiger partial charge in [0.25, 0.3) is 9.05 Å². The Labute approximate surface area is 125 Å². The molecule has 0 aliphatic heterocycles. The highest BCUT2D eigenvalue weighted by Gasteiger charge is 2.22. The summed E-state index contributed by atoms with van der Waals surface area (Å²) in [7, 11) is 0.716. The third kappa shape index (κ3) is 5.47. The van der Waals surface area contributed by atoms with Gasteiger partial charge in [-0.25, -0.2) is 17.2 Å². The van der Waals surface area contributed by atoms with E-state index in [9.17, 15) is 22.0 Å². The van der Waals surface area contributed by atoms with Crippen LogP contribution in [-0.4, -0.2) is 27.0 Å². The third-order valence-corrected chi connectivity index (χ3v) is 3.59. The average molecular weight is 342 g/mol. The molecule has 0 radical (unpaired) electrons. The molecule has 0 aliphatic carbocycles. The molecule has 0 atom stereocenters. The van der Waals surface area contributed by atoms with Crippen LogP contribution in [0.15, 0.2) is 17.0 Å². The van der Waals surface area contributed by atoms with Crippen LogP contribution in [0.3, 0.4) is 0 Å². The van der Waals surface area contributed by atoms with E-state index in [1.165, 1.54) is 0 Å². The topological polar surface area (TPSA) is 72.5 Å². The van der Waals surface area contributed by atoms with Gasteiger partial charge in [0.05, 0.1) is 13.0 Å². The van der Waals surface area contributed by atoms with Gasteiger partial charge in [-0.3, -0.25) is 4.79 Å². The molecule has 21 heavy (non-hydrogen) atoms. The number of amides is 1. The maximum Gasteiger partial charge on any atom is 0.265 e. The van der Waals surface area contributed by atoms with Crippen molar-refractivity contribution in [1.29, 1.82) is 0 Å². The molecule has 0 spiro atoms. The fourth-order valence-electron chi connectivity index (χ4n) is 1.50. The first-order valence-electron chi connectivity index (χ1n) is 5.97. The minimum absolute atomic E-state index is 0.0705. The van der Waals surface area contributed by atoms with Crippen molar-refractivity contribution in [3.63, 3.8) is 0 Å². The Bertz CT molecular complexity index is 634. The number of benzene rings is 1. The highest BCUT2D eigenvalue weighted by atomic mass is 35.7. The first-order valence-corrected chi connectivity index (χ1v) is 8.28. The van der Waals surface area contributed by atoms with E-state index in [0.29, 0.717) is 12.1 Å². The molecule has 0 aromatic heterocycles. The van der Waals surface area contributed by atoms with E-state index < -0.39 is 31.3 Å². The SMILES string of the molecule is CC(C)NC(=O)CCOc1c(F)cc(F)cc1S(=O)(=O)Cl. The minimum atomic E-state index is -4.38. The van der Waals surface area contributed by atoms with Crippen molar-refractivity contribution in [2.75, 3.05) is 6.61 Å². The van der Waals surface area contributed by atoms with E-state index in [4.69, 9.17) is 15.4 Å². The summed E-state index contributed by atoms with van der Waals surface area (Å²) in [4.78, 5) is 10.6. The molecular weight excluding hydrogens is 328 g/mol. The summed E-state index contributed by atoms with van der Waals surface area (Å²) < 4.78 is 54.1. The molecule has 0 saturated carbocycles. The van der Waals surface area contributed by atoms with E-state index >= 15 is 0 Å². The van der Waals surface area contributed by atoms with Crippen LogP contribution in [0.2, 0.25) is 0 Å². The Morgan fingerprint density at radius 3 is 2.52 bits per heavy atom. The van der Waals surface area contributed by atoms with Crippen molar-refractivity contribution < 1.29 is 26.7 Å². The number of carbonyl (C=O) groups excluding carboxylic acids is 1. The monoisotopic (exact) mass is 341 g/mol. The number of rotatable bonds is 6. The number of hydrogen-bond acceptors (Lipinski definition) is 4. The van der Waals surface area contributed by atoms with Gasteiger partial charge in [-0.15, -0.1) is 0 Å². The molecule has 1 aromatic carbocycles. The second kappa shape index (κ2) is 7.04. The first kappa shape index (κ1) is 17.6. The molecule has 9 heteroatoms. The van der Waals surface area contributed by atoms with E-state index in [-0.39, 0.29) is 25.0 Å². The maximum absolute atomic E-state index is 13.6. The Balaban J connectivity index is 2.87. The molecule has 0 unspecified atom stereocenters. The highest BCUT2D eigenvalue weighted by Crippen LogP contribution is 2.30. The van der Waals surface area contributed by atoms with Crippen LogP contribution < -0.4 is 10.1 Å². The van der Waals surface area contributed by atoms with E-state index in [2.05, 4.69) is 5.32 Å². The number of carbonyl (C=O) groups is 1. The fraction of sp³-hybridized carbons (Fsp3) is 0.417. The molecule has 118 valence electrons. The Hall–Kier alpha value is -1.41. The number of ether oxygens (including phenoxy) is 1. The smallest absolute Gasteiger partial charge is 0.265 e. The summed E-state index contributed by atoms with van der Waals surface area (Å²) in [5, 5.41) is 2.58. The molecule has 0 saturated heterocycles. The molecular formula is C12H14ClF2NO4S. The van der Waals surface area contributed by atoms with Gasteiger partial charge in [-0.05, 0) is 19.9 Å². The van der Waals surface area contributed by atoms with Crippen LogP contribution in [0.4, 0.5) is 8.78 Å². The predicted molar refractivity (Wildman–Crippen MR) is 72.8 cm³/mol. The molecule has 0 fully saturated rings. The van der Waals surface area contributed by atoms with Crippen LogP contribution in [0.5, 0.6) is 5.75 Å². The molecule has 5 nitrogen and oxygen atoms in total. The second-order valence-corrected chi connectivity index (χ2v) is 7.01. The van der Waals surface area contributed by atoms with Gasteiger partial charge < -0.3 is 10.1 Å². The molecule has 1 amide bonds. The van der Waals surface area contributed by atoms with Crippen molar-refractivity contribution in [2.24, 2.45) is 0 Å². The van der Waals surface area contributed by atoms with Crippen molar-refractivity contribution in [3.8, 4) is 5.75 Å². The van der Waals surface area contributed by atoms with Crippen molar-refractivity contribution >= 4 is 25.6 Å². The molecule has 0 aliphatic rings. The highest BCUT2D eigenvalue weighted by molar-refractivity contribution is 8.13. The van der Waals surface area contributed by atoms with Gasteiger partial charge in [-0.2, -0.15) is 0 Å². The van der Waals surface area contributed by atoms with Gasteiger partial charge in [0.1, 0.15) is 10.7 Å². The van der Waals surface area contributed by atoms with Crippen LogP contribution in [-0.2, 0) is 13.8 Å². The second-order valence-electron chi connectivity index (χ2n) is 4.47. The number of halogens is 3. The average Bonchev–Trinajstić information content (AvgIpc) is 2.29. The summed E-state index contributed by atoms with van der Waals surface area (Å²) in [6.45, 7) is 3.24. The zero-order chi connectivity index (χ0) is 16.2. The van der Waals surface area contributed by atoms with E-state index in [1.807, 2.05) is 0 Å². The quantitative estimate of drug-likeness (QED) is 0.805. The number of nitrogens with one attached hydrogen (secondary N) is 1. The number of hydrogen-bond donors (Lipinski definition) is 1. The maximum atomic E-state index is 13.6. The fourth-order valence-corrected chi connectivity index (χ4v) is 2.47. The normalized spacial score (nSPS) is 11.5. The predicted octanol–water partition coefficient (Wildman–Crippen LogP) is 2.19. The summed E-state index contributed by atoms with van der Waals surface area (Å²) in [5.74, 6) is -3.36. The van der Waals surface area contributed by atoms with Crippen molar-refractivity contribution in [2.45, 2.75) is 31.2 Å². The standard InChI is InChI=1S/C12H14ClF2NO4S/c1-7(2)16-11(17)3-4-20-12-9(15)5-8(14)6-10(12)21(13,18)19/h5-7H,3-4H2,1-2H3,(H,16,17). The zero-order valence-electron chi connectivity index (χ0n) is 11.3. The molecule has 0 heterocycles. The summed E-state index contributed by atoms with van der Waals surface area (Å²) in [6, 6.07) is 0.947. The molecule has 0 bridgehead atoms. The van der Waals surface area contributed by atoms with E-state index in [0.717, 1.165) is 0 Å². The first-order chi connectivity index (χ1) is 9.61. The lowest BCUT2D eigenvalue weighted by molar-refractivity contribution is -0.122. The summed E-state index contributed by atoms with van der Waals surface area (Å²) in [6.07, 6.45) is -0.114. The van der Waals surface area contributed by atoms with Crippen LogP contribution in [0.25, 0.3) is 0 Å². The van der Waals surface area contributed by atoms with E-state index in [1.54, 1.807) is 13.8 Å². The summed E-state index contributed by atoms with van der Waals surface area (Å²) in [5.41, 5.74) is 0. The lowest BCUT2D eigenvalue weighted by atomic mass is 10.3. The lowest BCUT2D eigenvalue weighted by Crippen LogP contribution is -2.31. The molecule has 1 N–H and O–H groups in total. The van der Waals surface area contributed by atoms with Gasteiger partial charge in [0.2, 0.25) is 5.91 Å². The van der Waals surface area contributed by atoms with Crippen molar-refractivity contribution in [1.82, 2.24) is 5.32 Å². The Kier molecular flexibility index (Phi) is 5.91. The Morgan fingerprint density at radius 1 is 1.38 bits per heavy atom. The van der Waals surface area contributed by atoms with Crippen molar-refractivity contribution in [3.05, 3.63) is 23.8 Å². The molecule has 1 aromatic rings. The largest absolute Gasteiger partial charge is 0.489 e. The van der Waals surface area contributed by atoms with Gasteiger partial charge in [0.15, 0.2) is 11.6 Å². The van der Waals surface area contributed by atoms with Gasteiger partial charge in [0, 0.05) is 22.8 Å². The minimum Gasteiger partial charge on any atom is -0.489 e. The van der Waals surface area contributed by atoms with Gasteiger partial charge >= 0.3 is 0 Å². The van der Waals surface area contributed by atoms with Crippen LogP contribution >= 0.6 is 10.7 Å².